The maximum absolute atomic E-state index is 11.9. The van der Waals surface area contributed by atoms with Crippen molar-refractivity contribution in [2.24, 2.45) is 0 Å². The molecule has 0 unspecified atom stereocenters. The van der Waals surface area contributed by atoms with Gasteiger partial charge in [0.1, 0.15) is 4.51 Å². The molecule has 0 aromatic heterocycles. The van der Waals surface area contributed by atoms with Gasteiger partial charge in [-0.3, -0.25) is 4.79 Å². The number of nitrogens with one attached hydrogen (secondary N) is 1. The first-order valence-corrected chi connectivity index (χ1v) is 8.03. The van der Waals surface area contributed by atoms with Crippen molar-refractivity contribution >= 4 is 17.9 Å². The Balaban J connectivity index is 2.61. The van der Waals surface area contributed by atoms with Crippen molar-refractivity contribution in [3.8, 4) is 0 Å². The van der Waals surface area contributed by atoms with Gasteiger partial charge in [-0.25, -0.2) is 0 Å². The number of anilines is 1. The fourth-order valence-electron chi connectivity index (χ4n) is 2.58. The van der Waals surface area contributed by atoms with E-state index in [9.17, 15) is 4.79 Å². The first kappa shape index (κ1) is 17.3. The molecule has 0 saturated carbocycles. The molecule has 0 bridgehead atoms. The molecule has 0 radical (unpaired) electrons. The van der Waals surface area contributed by atoms with Crippen molar-refractivity contribution in [3.63, 3.8) is 0 Å². The molecular weight excluding hydrogens is 268 g/mol. The van der Waals surface area contributed by atoms with Gasteiger partial charge in [-0.05, 0) is 31.3 Å². The Hall–Kier alpha value is -0.740. The highest BCUT2D eigenvalue weighted by Gasteiger charge is 2.27. The van der Waals surface area contributed by atoms with Crippen molar-refractivity contribution in [1.82, 2.24) is 4.90 Å². The number of hydrogen-bond donors (Lipinski definition) is 1. The molecule has 0 amide bonds. The maximum Gasteiger partial charge on any atom is 0.204 e. The maximum atomic E-state index is 11.9. The molecule has 0 aliphatic heterocycles. The Kier molecular flexibility index (Phi) is 6.34. The van der Waals surface area contributed by atoms with E-state index in [1.54, 1.807) is 0 Å². The number of nitrogens with zero attached hydrogens (tertiary/aromatic N) is 1. The van der Waals surface area contributed by atoms with E-state index in [4.69, 9.17) is 12.2 Å². The quantitative estimate of drug-likeness (QED) is 0.744. The molecule has 1 aromatic rings. The van der Waals surface area contributed by atoms with Crippen LogP contribution in [0.15, 0.2) is 4.79 Å². The van der Waals surface area contributed by atoms with Gasteiger partial charge in [0, 0.05) is 18.7 Å². The van der Waals surface area contributed by atoms with Gasteiger partial charge in [-0.1, -0.05) is 46.8 Å². The zero-order chi connectivity index (χ0) is 15.3. The van der Waals surface area contributed by atoms with Crippen molar-refractivity contribution < 1.29 is 0 Å². The standard InChI is InChI=1S/C16H28N2OS/c1-6-9-18(10-7-2)11-8-17-13-12(16(3,4)5)14(19)15(13)20/h17H,6-11H2,1-5H3. The fraction of sp³-hybridized carbons (Fsp3) is 0.750. The SMILES string of the molecule is CCCN(CCC)CCNc1c(C(C)(C)C)c(=O)c1=S. The normalized spacial score (nSPS) is 12.3. The Morgan fingerprint density at radius 3 is 2.10 bits per heavy atom. The monoisotopic (exact) mass is 296 g/mol. The lowest BCUT2D eigenvalue weighted by Crippen LogP contribution is -2.34. The molecule has 0 spiro atoms. The van der Waals surface area contributed by atoms with Crippen molar-refractivity contribution in [2.75, 3.05) is 31.5 Å². The van der Waals surface area contributed by atoms with Crippen LogP contribution in [0.25, 0.3) is 0 Å². The van der Waals surface area contributed by atoms with Gasteiger partial charge in [0.15, 0.2) is 0 Å². The Bertz CT molecular complexity index is 489. The average Bonchev–Trinajstić information content (AvgIpc) is 2.35. The topological polar surface area (TPSA) is 32.3 Å². The molecule has 20 heavy (non-hydrogen) atoms. The second kappa shape index (κ2) is 7.32. The second-order valence-electron chi connectivity index (χ2n) is 6.43. The third kappa shape index (κ3) is 4.13. The Morgan fingerprint density at radius 2 is 1.65 bits per heavy atom. The smallest absolute Gasteiger partial charge is 0.204 e. The largest absolute Gasteiger partial charge is 0.382 e. The van der Waals surface area contributed by atoms with Crippen LogP contribution in [0, 0.1) is 4.51 Å². The zero-order valence-electron chi connectivity index (χ0n) is 13.5. The molecule has 0 fully saturated rings. The highest BCUT2D eigenvalue weighted by Crippen LogP contribution is 2.30. The van der Waals surface area contributed by atoms with E-state index in [-0.39, 0.29) is 10.8 Å². The van der Waals surface area contributed by atoms with E-state index in [0.717, 1.165) is 37.4 Å². The summed E-state index contributed by atoms with van der Waals surface area (Å²) in [6.07, 6.45) is 2.35. The first-order valence-electron chi connectivity index (χ1n) is 7.62. The van der Waals surface area contributed by atoms with E-state index < -0.39 is 0 Å². The van der Waals surface area contributed by atoms with Crippen molar-refractivity contribution in [1.29, 1.82) is 0 Å². The highest BCUT2D eigenvalue weighted by atomic mass is 32.1. The molecule has 3 nitrogen and oxygen atoms in total. The van der Waals surface area contributed by atoms with E-state index in [2.05, 4.69) is 44.8 Å². The summed E-state index contributed by atoms with van der Waals surface area (Å²) in [5.41, 5.74) is 1.69. The summed E-state index contributed by atoms with van der Waals surface area (Å²) in [6, 6.07) is 0. The fourth-order valence-corrected chi connectivity index (χ4v) is 2.86. The predicted octanol–water partition coefficient (Wildman–Crippen LogP) is 3.48. The molecule has 114 valence electrons. The van der Waals surface area contributed by atoms with E-state index >= 15 is 0 Å². The molecule has 0 aliphatic rings. The van der Waals surface area contributed by atoms with Crippen LogP contribution < -0.4 is 10.7 Å². The summed E-state index contributed by atoms with van der Waals surface area (Å²) in [7, 11) is 0. The van der Waals surface area contributed by atoms with Gasteiger partial charge in [0.05, 0.1) is 5.69 Å². The molecule has 4 heteroatoms. The molecule has 0 atom stereocenters. The van der Waals surface area contributed by atoms with Crippen LogP contribution in [0.2, 0.25) is 0 Å². The van der Waals surface area contributed by atoms with Gasteiger partial charge in [0.25, 0.3) is 0 Å². The first-order chi connectivity index (χ1) is 9.32. The minimum Gasteiger partial charge on any atom is -0.382 e. The highest BCUT2D eigenvalue weighted by molar-refractivity contribution is 7.71. The van der Waals surface area contributed by atoms with Crippen molar-refractivity contribution in [3.05, 3.63) is 20.3 Å². The summed E-state index contributed by atoms with van der Waals surface area (Å²) < 4.78 is 0.479. The van der Waals surface area contributed by atoms with Crippen LogP contribution in [-0.2, 0) is 5.41 Å². The lowest BCUT2D eigenvalue weighted by Gasteiger charge is -2.26. The molecule has 0 aliphatic carbocycles. The zero-order valence-corrected chi connectivity index (χ0v) is 14.3. The van der Waals surface area contributed by atoms with Crippen LogP contribution in [0.1, 0.15) is 53.0 Å². The van der Waals surface area contributed by atoms with Crippen LogP contribution >= 0.6 is 12.2 Å². The summed E-state index contributed by atoms with van der Waals surface area (Å²) in [5.74, 6) is 0. The predicted molar refractivity (Wildman–Crippen MR) is 90.1 cm³/mol. The van der Waals surface area contributed by atoms with Gasteiger partial charge in [-0.2, -0.15) is 0 Å². The number of rotatable bonds is 8. The Labute approximate surface area is 128 Å². The Morgan fingerprint density at radius 1 is 1.10 bits per heavy atom. The molecule has 1 N–H and O–H groups in total. The molecule has 1 aromatic carbocycles. The summed E-state index contributed by atoms with van der Waals surface area (Å²) in [6.45, 7) is 14.7. The van der Waals surface area contributed by atoms with E-state index in [0.29, 0.717) is 4.51 Å². The molecule has 1 rings (SSSR count). The lowest BCUT2D eigenvalue weighted by atomic mass is 9.83. The van der Waals surface area contributed by atoms with Crippen molar-refractivity contribution in [2.45, 2.75) is 52.9 Å². The van der Waals surface area contributed by atoms with Gasteiger partial charge < -0.3 is 10.2 Å². The second-order valence-corrected chi connectivity index (χ2v) is 6.83. The molecule has 0 saturated heterocycles. The minimum absolute atomic E-state index is 0.0500. The molecule has 0 heterocycles. The average molecular weight is 296 g/mol. The van der Waals surface area contributed by atoms with Crippen LogP contribution in [0.3, 0.4) is 0 Å². The van der Waals surface area contributed by atoms with E-state index in [1.807, 2.05) is 0 Å². The third-order valence-electron chi connectivity index (χ3n) is 3.47. The lowest BCUT2D eigenvalue weighted by molar-refractivity contribution is 0.285. The van der Waals surface area contributed by atoms with Gasteiger partial charge in [0.2, 0.25) is 5.43 Å². The summed E-state index contributed by atoms with van der Waals surface area (Å²) in [5, 5.41) is 3.38. The number of hydrogen-bond acceptors (Lipinski definition) is 4. The minimum atomic E-state index is -0.131. The summed E-state index contributed by atoms with van der Waals surface area (Å²) in [4.78, 5) is 14.3. The van der Waals surface area contributed by atoms with Crippen LogP contribution in [0.4, 0.5) is 5.69 Å². The molecular formula is C16H28N2OS. The van der Waals surface area contributed by atoms with Gasteiger partial charge >= 0.3 is 0 Å². The van der Waals surface area contributed by atoms with Crippen LogP contribution in [0.5, 0.6) is 0 Å². The van der Waals surface area contributed by atoms with E-state index in [1.165, 1.54) is 12.8 Å². The summed E-state index contributed by atoms with van der Waals surface area (Å²) >= 11 is 5.17. The third-order valence-corrected chi connectivity index (χ3v) is 3.86. The van der Waals surface area contributed by atoms with Gasteiger partial charge in [-0.15, -0.1) is 0 Å². The van der Waals surface area contributed by atoms with Crippen LogP contribution in [-0.4, -0.2) is 31.1 Å².